The number of hydrogen-bond donors (Lipinski definition) is 3. The molecule has 4 aromatic rings. The molecule has 1 aromatic heterocycles. The van der Waals surface area contributed by atoms with Crippen LogP contribution in [0.4, 0.5) is 26.8 Å². The highest BCUT2D eigenvalue weighted by atomic mass is 16.5. The van der Waals surface area contributed by atoms with Crippen LogP contribution in [0.2, 0.25) is 0 Å². The number of nitrogens with zero attached hydrogens (tertiary/aromatic N) is 3. The number of piperidine rings is 1. The number of anilines is 3. The van der Waals surface area contributed by atoms with Gasteiger partial charge in [0.05, 0.1) is 38.4 Å². The Hall–Kier alpha value is -5.19. The summed E-state index contributed by atoms with van der Waals surface area (Å²) in [4.78, 5) is 27.9. The summed E-state index contributed by atoms with van der Waals surface area (Å²) in [6.45, 7) is 9.66. The number of carbonyl (C=O) groups excluding carboxylic acids is 2. The van der Waals surface area contributed by atoms with Crippen molar-refractivity contribution >= 4 is 29.3 Å². The molecule has 48 heavy (non-hydrogen) atoms. The zero-order chi connectivity index (χ0) is 34.4. The monoisotopic (exact) mass is 654 g/mol. The summed E-state index contributed by atoms with van der Waals surface area (Å²) >= 11 is 0. The summed E-state index contributed by atoms with van der Waals surface area (Å²) in [5.41, 5.74) is 5.20. The first-order chi connectivity index (χ1) is 23.0. The Labute approximate surface area is 282 Å². The molecular weight excluding hydrogens is 608 g/mol. The molecule has 0 radical (unpaired) electrons. The van der Waals surface area contributed by atoms with Gasteiger partial charge in [-0.3, -0.25) is 5.32 Å². The lowest BCUT2D eigenvalue weighted by molar-refractivity contribution is 0.182. The van der Waals surface area contributed by atoms with E-state index in [1.165, 1.54) is 5.56 Å². The quantitative estimate of drug-likeness (QED) is 0.171. The van der Waals surface area contributed by atoms with E-state index >= 15 is 0 Å². The molecule has 0 unspecified atom stereocenters. The number of urea groups is 2. The first-order valence-corrected chi connectivity index (χ1v) is 16.2. The van der Waals surface area contributed by atoms with Crippen LogP contribution in [0.1, 0.15) is 50.4 Å². The molecule has 254 valence electrons. The molecule has 3 aromatic carbocycles. The van der Waals surface area contributed by atoms with E-state index in [2.05, 4.69) is 36.7 Å². The lowest BCUT2D eigenvalue weighted by Crippen LogP contribution is -2.41. The van der Waals surface area contributed by atoms with E-state index in [1.54, 1.807) is 38.1 Å². The van der Waals surface area contributed by atoms with Crippen molar-refractivity contribution in [2.45, 2.75) is 52.4 Å². The summed E-state index contributed by atoms with van der Waals surface area (Å²) < 4.78 is 18.0. The molecular formula is C37H46N6O5. The molecule has 1 aliphatic rings. The number of aromatic nitrogens is 2. The molecule has 0 saturated carbocycles. The summed E-state index contributed by atoms with van der Waals surface area (Å²) in [6, 6.07) is 20.8. The van der Waals surface area contributed by atoms with Gasteiger partial charge >= 0.3 is 12.1 Å². The van der Waals surface area contributed by atoms with Gasteiger partial charge in [-0.05, 0) is 61.9 Å². The maximum Gasteiger partial charge on any atom is 0.324 e. The van der Waals surface area contributed by atoms with E-state index in [-0.39, 0.29) is 17.5 Å². The van der Waals surface area contributed by atoms with Crippen molar-refractivity contribution in [1.82, 2.24) is 14.7 Å². The molecule has 11 nitrogen and oxygen atoms in total. The van der Waals surface area contributed by atoms with Crippen LogP contribution in [0, 0.1) is 12.8 Å². The molecule has 0 bridgehead atoms. The van der Waals surface area contributed by atoms with E-state index in [1.807, 2.05) is 66.4 Å². The lowest BCUT2D eigenvalue weighted by Gasteiger charge is -2.32. The van der Waals surface area contributed by atoms with Gasteiger partial charge in [-0.25, -0.2) is 14.3 Å². The van der Waals surface area contributed by atoms with Gasteiger partial charge in [0.25, 0.3) is 0 Å². The highest BCUT2D eigenvalue weighted by Gasteiger charge is 2.25. The third-order valence-electron chi connectivity index (χ3n) is 8.55. The maximum atomic E-state index is 13.1. The average molecular weight is 655 g/mol. The van der Waals surface area contributed by atoms with Crippen LogP contribution in [0.3, 0.4) is 0 Å². The molecule has 3 N–H and O–H groups in total. The first kappa shape index (κ1) is 34.2. The molecule has 11 heteroatoms. The topological polar surface area (TPSA) is 119 Å². The number of amides is 4. The van der Waals surface area contributed by atoms with Gasteiger partial charge in [-0.2, -0.15) is 5.10 Å². The molecule has 0 atom stereocenters. The predicted octanol–water partition coefficient (Wildman–Crippen LogP) is 7.63. The second-order valence-corrected chi connectivity index (χ2v) is 13.2. The molecule has 0 spiro atoms. The van der Waals surface area contributed by atoms with Crippen LogP contribution in [0.25, 0.3) is 5.69 Å². The minimum atomic E-state index is -0.339. The van der Waals surface area contributed by atoms with Crippen LogP contribution >= 0.6 is 0 Å². The number of benzene rings is 3. The number of carbonyl (C=O) groups is 2. The Morgan fingerprint density at radius 1 is 0.812 bits per heavy atom. The molecule has 1 aliphatic heterocycles. The van der Waals surface area contributed by atoms with Crippen molar-refractivity contribution in [1.29, 1.82) is 0 Å². The number of ether oxygens (including phenoxy) is 3. The fourth-order valence-electron chi connectivity index (χ4n) is 5.75. The van der Waals surface area contributed by atoms with E-state index in [9.17, 15) is 9.59 Å². The highest BCUT2D eigenvalue weighted by molar-refractivity contribution is 5.99. The van der Waals surface area contributed by atoms with Crippen molar-refractivity contribution in [3.05, 3.63) is 83.6 Å². The summed E-state index contributed by atoms with van der Waals surface area (Å²) in [7, 11) is 4.63. The van der Waals surface area contributed by atoms with Gasteiger partial charge in [0.2, 0.25) is 5.75 Å². The Morgan fingerprint density at radius 2 is 1.44 bits per heavy atom. The number of hydrogen-bond acceptors (Lipinski definition) is 6. The smallest absolute Gasteiger partial charge is 0.324 e. The Morgan fingerprint density at radius 3 is 2.00 bits per heavy atom. The molecule has 1 fully saturated rings. The second-order valence-electron chi connectivity index (χ2n) is 13.2. The molecule has 5 rings (SSSR count). The molecule has 4 amide bonds. The minimum absolute atomic E-state index is 0.159. The number of aryl methyl sites for hydroxylation is 1. The molecule has 2 heterocycles. The normalized spacial score (nSPS) is 13.5. The standard InChI is InChI=1S/C37H46N6O5/c1-24-8-14-29(15-9-24)43-33(23-32(41-43)37(2,3)4)40-35(44)38-27-12-10-25(11-13-27)20-26-16-18-42(19-17-26)36(45)39-28-21-30(46-5)34(48-7)31(22-28)47-6/h8-15,21-23,26H,16-20H2,1-7H3,(H,39,45)(H2,38,40,44). The van der Waals surface area contributed by atoms with E-state index in [0.29, 0.717) is 53.4 Å². The number of methoxy groups -OCH3 is 3. The third kappa shape index (κ3) is 8.20. The van der Waals surface area contributed by atoms with Gasteiger partial charge in [0.1, 0.15) is 5.82 Å². The van der Waals surface area contributed by atoms with E-state index in [0.717, 1.165) is 36.2 Å². The third-order valence-corrected chi connectivity index (χ3v) is 8.55. The van der Waals surface area contributed by atoms with E-state index in [4.69, 9.17) is 19.3 Å². The van der Waals surface area contributed by atoms with Crippen LogP contribution in [0.15, 0.2) is 66.7 Å². The van der Waals surface area contributed by atoms with Gasteiger partial charge in [-0.1, -0.05) is 50.6 Å². The zero-order valence-electron chi connectivity index (χ0n) is 28.8. The molecule has 1 saturated heterocycles. The van der Waals surface area contributed by atoms with Gasteiger partial charge in [-0.15, -0.1) is 0 Å². The van der Waals surface area contributed by atoms with Crippen LogP contribution in [-0.2, 0) is 11.8 Å². The lowest BCUT2D eigenvalue weighted by atomic mass is 9.90. The van der Waals surface area contributed by atoms with Crippen molar-refractivity contribution in [2.24, 2.45) is 5.92 Å². The van der Waals surface area contributed by atoms with Crippen LogP contribution in [-0.4, -0.2) is 61.2 Å². The fraction of sp³-hybridized carbons (Fsp3) is 0.378. The largest absolute Gasteiger partial charge is 0.493 e. The number of likely N-dealkylation sites (tertiary alicyclic amines) is 1. The Bertz CT molecular complexity index is 1690. The van der Waals surface area contributed by atoms with Crippen molar-refractivity contribution in [3.63, 3.8) is 0 Å². The molecule has 0 aliphatic carbocycles. The Kier molecular flexibility index (Phi) is 10.5. The summed E-state index contributed by atoms with van der Waals surface area (Å²) in [5.74, 6) is 2.49. The second kappa shape index (κ2) is 14.7. The SMILES string of the molecule is COc1cc(NC(=O)N2CCC(Cc3ccc(NC(=O)Nc4cc(C(C)(C)C)nn4-c4ccc(C)cc4)cc3)CC2)cc(OC)c1OC. The van der Waals surface area contributed by atoms with Crippen LogP contribution in [0.5, 0.6) is 17.2 Å². The number of rotatable bonds is 9. The van der Waals surface area contributed by atoms with Crippen molar-refractivity contribution in [2.75, 3.05) is 50.4 Å². The average Bonchev–Trinajstić information content (AvgIpc) is 3.50. The van der Waals surface area contributed by atoms with E-state index < -0.39 is 0 Å². The Balaban J connectivity index is 1.13. The van der Waals surface area contributed by atoms with Crippen LogP contribution < -0.4 is 30.2 Å². The highest BCUT2D eigenvalue weighted by Crippen LogP contribution is 2.40. The summed E-state index contributed by atoms with van der Waals surface area (Å²) in [5, 5.41) is 13.7. The van der Waals surface area contributed by atoms with Crippen molar-refractivity contribution in [3.8, 4) is 22.9 Å². The van der Waals surface area contributed by atoms with Crippen molar-refractivity contribution < 1.29 is 23.8 Å². The minimum Gasteiger partial charge on any atom is -0.493 e. The van der Waals surface area contributed by atoms with Gasteiger partial charge < -0.3 is 29.7 Å². The predicted molar refractivity (Wildman–Crippen MR) is 189 cm³/mol. The fourth-order valence-corrected chi connectivity index (χ4v) is 5.75. The zero-order valence-corrected chi connectivity index (χ0v) is 28.8. The number of nitrogens with one attached hydrogen (secondary N) is 3. The van der Waals surface area contributed by atoms with Gasteiger partial charge in [0, 0.05) is 42.4 Å². The summed E-state index contributed by atoms with van der Waals surface area (Å²) in [6.07, 6.45) is 2.70. The first-order valence-electron chi connectivity index (χ1n) is 16.2. The van der Waals surface area contributed by atoms with Gasteiger partial charge in [0.15, 0.2) is 11.5 Å². The maximum absolute atomic E-state index is 13.1.